The van der Waals surface area contributed by atoms with Gasteiger partial charge in [-0.15, -0.1) is 0 Å². The molecule has 0 saturated carbocycles. The molecule has 1 saturated heterocycles. The van der Waals surface area contributed by atoms with E-state index < -0.39 is 0 Å². The molecule has 32 heavy (non-hydrogen) atoms. The maximum Gasteiger partial charge on any atom is 0.166 e. The molecule has 4 rings (SSSR count). The number of methoxy groups -OCH3 is 1. The van der Waals surface area contributed by atoms with Crippen molar-refractivity contribution >= 4 is 23.0 Å². The Hall–Kier alpha value is -2.96. The summed E-state index contributed by atoms with van der Waals surface area (Å²) in [6, 6.07) is 18.0. The molecule has 3 aromatic carbocycles. The topological polar surface area (TPSA) is 43.0 Å². The normalized spacial score (nSPS) is 13.7. The molecule has 0 bridgehead atoms. The SMILES string of the molecule is COc1cccc(CNc2ccc(N3CCOCC3)c(Cl)c2)c1OCc1ccc(F)cc1. The Morgan fingerprint density at radius 2 is 1.84 bits per heavy atom. The number of ether oxygens (including phenoxy) is 3. The van der Waals surface area contributed by atoms with Gasteiger partial charge in [-0.3, -0.25) is 0 Å². The van der Waals surface area contributed by atoms with E-state index in [4.69, 9.17) is 25.8 Å². The van der Waals surface area contributed by atoms with Gasteiger partial charge in [-0.2, -0.15) is 0 Å². The van der Waals surface area contributed by atoms with Crippen LogP contribution in [-0.2, 0) is 17.9 Å². The van der Waals surface area contributed by atoms with E-state index in [-0.39, 0.29) is 5.82 Å². The zero-order valence-corrected chi connectivity index (χ0v) is 18.7. The minimum Gasteiger partial charge on any atom is -0.493 e. The number of nitrogens with one attached hydrogen (secondary N) is 1. The van der Waals surface area contributed by atoms with E-state index >= 15 is 0 Å². The van der Waals surface area contributed by atoms with E-state index in [1.165, 1.54) is 12.1 Å². The molecule has 1 aliphatic heterocycles. The number of halogens is 2. The third-order valence-corrected chi connectivity index (χ3v) is 5.66. The highest BCUT2D eigenvalue weighted by molar-refractivity contribution is 6.33. The molecule has 0 spiro atoms. The van der Waals surface area contributed by atoms with Crippen LogP contribution in [-0.4, -0.2) is 33.4 Å². The third kappa shape index (κ3) is 5.44. The minimum atomic E-state index is -0.269. The molecule has 0 unspecified atom stereocenters. The first kappa shape index (κ1) is 22.2. The van der Waals surface area contributed by atoms with Gasteiger partial charge in [0, 0.05) is 30.9 Å². The lowest BCUT2D eigenvalue weighted by atomic mass is 10.1. The van der Waals surface area contributed by atoms with Crippen molar-refractivity contribution in [3.63, 3.8) is 0 Å². The van der Waals surface area contributed by atoms with Crippen molar-refractivity contribution in [1.82, 2.24) is 0 Å². The molecule has 0 radical (unpaired) electrons. The lowest BCUT2D eigenvalue weighted by molar-refractivity contribution is 0.122. The molecule has 5 nitrogen and oxygen atoms in total. The molecule has 0 atom stereocenters. The van der Waals surface area contributed by atoms with Gasteiger partial charge in [-0.1, -0.05) is 35.9 Å². The summed E-state index contributed by atoms with van der Waals surface area (Å²) >= 11 is 6.56. The van der Waals surface area contributed by atoms with Gasteiger partial charge >= 0.3 is 0 Å². The molecule has 3 aromatic rings. The highest BCUT2D eigenvalue weighted by atomic mass is 35.5. The van der Waals surface area contributed by atoms with Crippen molar-refractivity contribution in [2.45, 2.75) is 13.2 Å². The molecule has 0 aliphatic carbocycles. The Labute approximate surface area is 192 Å². The number of para-hydroxylation sites is 1. The van der Waals surface area contributed by atoms with E-state index in [1.807, 2.05) is 36.4 Å². The highest BCUT2D eigenvalue weighted by Crippen LogP contribution is 2.33. The first-order valence-electron chi connectivity index (χ1n) is 10.5. The van der Waals surface area contributed by atoms with Crippen molar-refractivity contribution in [2.24, 2.45) is 0 Å². The van der Waals surface area contributed by atoms with E-state index in [9.17, 15) is 4.39 Å². The highest BCUT2D eigenvalue weighted by Gasteiger charge is 2.15. The average Bonchev–Trinajstić information content (AvgIpc) is 2.83. The second-order valence-corrected chi connectivity index (χ2v) is 7.89. The number of hydrogen-bond acceptors (Lipinski definition) is 5. The molecule has 168 valence electrons. The predicted molar refractivity (Wildman–Crippen MR) is 126 cm³/mol. The second kappa shape index (κ2) is 10.6. The summed E-state index contributed by atoms with van der Waals surface area (Å²) < 4.78 is 30.1. The zero-order chi connectivity index (χ0) is 22.3. The van der Waals surface area contributed by atoms with E-state index in [0.717, 1.165) is 35.6 Å². The van der Waals surface area contributed by atoms with Gasteiger partial charge in [-0.25, -0.2) is 4.39 Å². The van der Waals surface area contributed by atoms with Crippen LogP contribution in [0.3, 0.4) is 0 Å². The molecular formula is C25H26ClFN2O3. The monoisotopic (exact) mass is 456 g/mol. The lowest BCUT2D eigenvalue weighted by Gasteiger charge is -2.29. The van der Waals surface area contributed by atoms with Gasteiger partial charge in [0.15, 0.2) is 11.5 Å². The molecule has 0 amide bonds. The van der Waals surface area contributed by atoms with Crippen molar-refractivity contribution in [3.05, 3.63) is 82.6 Å². The van der Waals surface area contributed by atoms with Crippen LogP contribution in [0.4, 0.5) is 15.8 Å². The van der Waals surface area contributed by atoms with Crippen molar-refractivity contribution in [2.75, 3.05) is 43.6 Å². The standard InChI is InChI=1S/C25H26ClFN2O3/c1-30-24-4-2-3-19(25(24)32-17-18-5-7-20(27)8-6-18)16-28-21-9-10-23(22(26)15-21)29-11-13-31-14-12-29/h2-10,15,28H,11-14,16-17H2,1H3. The Balaban J connectivity index is 1.45. The third-order valence-electron chi connectivity index (χ3n) is 5.36. The predicted octanol–water partition coefficient (Wildman–Crippen LogP) is 5.52. The molecule has 1 aliphatic rings. The van der Waals surface area contributed by atoms with Gasteiger partial charge in [0.05, 0.1) is 31.0 Å². The number of nitrogens with zero attached hydrogens (tertiary/aromatic N) is 1. The maximum absolute atomic E-state index is 13.2. The van der Waals surface area contributed by atoms with Crippen LogP contribution < -0.4 is 19.7 Å². The van der Waals surface area contributed by atoms with Gasteiger partial charge < -0.3 is 24.4 Å². The maximum atomic E-state index is 13.2. The van der Waals surface area contributed by atoms with Crippen LogP contribution in [0.25, 0.3) is 0 Å². The Bertz CT molecular complexity index is 1040. The molecule has 0 aromatic heterocycles. The number of anilines is 2. The summed E-state index contributed by atoms with van der Waals surface area (Å²) in [5.41, 5.74) is 3.76. The van der Waals surface area contributed by atoms with E-state index in [2.05, 4.69) is 10.2 Å². The van der Waals surface area contributed by atoms with Gasteiger partial charge in [0.1, 0.15) is 12.4 Å². The first-order chi connectivity index (χ1) is 15.6. The van der Waals surface area contributed by atoms with E-state index in [0.29, 0.717) is 42.9 Å². The summed E-state index contributed by atoms with van der Waals surface area (Å²) in [6.45, 7) is 3.95. The Morgan fingerprint density at radius 1 is 1.06 bits per heavy atom. The molecule has 1 fully saturated rings. The van der Waals surface area contributed by atoms with Crippen molar-refractivity contribution in [3.8, 4) is 11.5 Å². The van der Waals surface area contributed by atoms with Crippen LogP contribution in [0.1, 0.15) is 11.1 Å². The molecule has 1 N–H and O–H groups in total. The Kier molecular flexibility index (Phi) is 7.35. The lowest BCUT2D eigenvalue weighted by Crippen LogP contribution is -2.36. The summed E-state index contributed by atoms with van der Waals surface area (Å²) in [6.07, 6.45) is 0. The van der Waals surface area contributed by atoms with Gasteiger partial charge in [0.2, 0.25) is 0 Å². The van der Waals surface area contributed by atoms with E-state index in [1.54, 1.807) is 19.2 Å². The summed E-state index contributed by atoms with van der Waals surface area (Å²) in [4.78, 5) is 2.24. The number of benzene rings is 3. The fourth-order valence-electron chi connectivity index (χ4n) is 3.64. The first-order valence-corrected chi connectivity index (χ1v) is 10.9. The quantitative estimate of drug-likeness (QED) is 0.483. The van der Waals surface area contributed by atoms with Gasteiger partial charge in [-0.05, 0) is 42.0 Å². The summed E-state index contributed by atoms with van der Waals surface area (Å²) in [5, 5.41) is 4.12. The van der Waals surface area contributed by atoms with Crippen LogP contribution in [0.2, 0.25) is 5.02 Å². The molecular weight excluding hydrogens is 431 g/mol. The number of hydrogen-bond donors (Lipinski definition) is 1. The van der Waals surface area contributed by atoms with Crippen LogP contribution >= 0.6 is 11.6 Å². The van der Waals surface area contributed by atoms with Gasteiger partial charge in [0.25, 0.3) is 0 Å². The average molecular weight is 457 g/mol. The van der Waals surface area contributed by atoms with Crippen LogP contribution in [0.15, 0.2) is 60.7 Å². The van der Waals surface area contributed by atoms with Crippen molar-refractivity contribution in [1.29, 1.82) is 0 Å². The second-order valence-electron chi connectivity index (χ2n) is 7.48. The summed E-state index contributed by atoms with van der Waals surface area (Å²) in [7, 11) is 1.61. The largest absolute Gasteiger partial charge is 0.493 e. The Morgan fingerprint density at radius 3 is 2.56 bits per heavy atom. The number of morpholine rings is 1. The zero-order valence-electron chi connectivity index (χ0n) is 17.9. The minimum absolute atomic E-state index is 0.269. The number of rotatable bonds is 8. The van der Waals surface area contributed by atoms with Crippen molar-refractivity contribution < 1.29 is 18.6 Å². The fraction of sp³-hybridized carbons (Fsp3) is 0.280. The molecule has 1 heterocycles. The summed E-state index contributed by atoms with van der Waals surface area (Å²) in [5.74, 6) is 1.03. The fourth-order valence-corrected chi connectivity index (χ4v) is 3.94. The molecule has 7 heteroatoms. The smallest absolute Gasteiger partial charge is 0.166 e. The van der Waals surface area contributed by atoms with Crippen LogP contribution in [0.5, 0.6) is 11.5 Å². The van der Waals surface area contributed by atoms with Crippen LogP contribution in [0, 0.1) is 5.82 Å².